The van der Waals surface area contributed by atoms with Gasteiger partial charge in [0.05, 0.1) is 23.5 Å². The zero-order valence-electron chi connectivity index (χ0n) is 28.2. The normalized spacial score (nSPS) is 54.9. The van der Waals surface area contributed by atoms with E-state index in [4.69, 9.17) is 9.47 Å². The third-order valence-electron chi connectivity index (χ3n) is 15.7. The Morgan fingerprint density at radius 2 is 1.50 bits per heavy atom. The number of hydrogen-bond donors (Lipinski definition) is 6. The van der Waals surface area contributed by atoms with Crippen LogP contribution in [0.3, 0.4) is 0 Å². The molecule has 6 fully saturated rings. The lowest BCUT2D eigenvalue weighted by molar-refractivity contribution is -0.331. The van der Waals surface area contributed by atoms with Crippen LogP contribution in [0.25, 0.3) is 0 Å². The second-order valence-corrected chi connectivity index (χ2v) is 17.1. The van der Waals surface area contributed by atoms with Crippen molar-refractivity contribution in [3.05, 3.63) is 12.2 Å². The van der Waals surface area contributed by atoms with Crippen LogP contribution in [0.1, 0.15) is 98.8 Å². The number of hydrogen-bond acceptors (Lipinski definition) is 8. The van der Waals surface area contributed by atoms with E-state index in [0.29, 0.717) is 25.7 Å². The first-order valence-corrected chi connectivity index (χ1v) is 17.5. The lowest BCUT2D eigenvalue weighted by Gasteiger charge is -2.72. The molecule has 0 spiro atoms. The fourth-order valence-corrected chi connectivity index (χ4v) is 13.0. The van der Waals surface area contributed by atoms with E-state index >= 15 is 0 Å². The molecule has 0 bridgehead atoms. The molecule has 1 aliphatic heterocycles. The average molecular weight is 649 g/mol. The quantitative estimate of drug-likeness (QED) is 0.183. The van der Waals surface area contributed by atoms with Crippen LogP contribution in [0.2, 0.25) is 0 Å². The molecule has 6 rings (SSSR count). The van der Waals surface area contributed by atoms with Crippen molar-refractivity contribution in [3.8, 4) is 0 Å². The first-order valence-electron chi connectivity index (χ1n) is 17.5. The van der Waals surface area contributed by atoms with Crippen molar-refractivity contribution < 1.29 is 49.7 Å². The van der Waals surface area contributed by atoms with Crippen LogP contribution in [0.4, 0.5) is 0 Å². The molecule has 0 amide bonds. The largest absolute Gasteiger partial charge is 0.481 e. The number of carboxylic acids is 2. The van der Waals surface area contributed by atoms with Crippen LogP contribution < -0.4 is 0 Å². The molecule has 46 heavy (non-hydrogen) atoms. The van der Waals surface area contributed by atoms with E-state index in [0.717, 1.165) is 44.1 Å². The molecule has 10 nitrogen and oxygen atoms in total. The maximum absolute atomic E-state index is 13.3. The highest BCUT2D eigenvalue weighted by Crippen LogP contribution is 2.77. The van der Waals surface area contributed by atoms with Gasteiger partial charge in [-0.3, -0.25) is 9.59 Å². The van der Waals surface area contributed by atoms with Crippen LogP contribution in [-0.4, -0.2) is 86.0 Å². The van der Waals surface area contributed by atoms with Gasteiger partial charge in [0.25, 0.3) is 0 Å². The van der Waals surface area contributed by atoms with Crippen LogP contribution in [0, 0.1) is 56.7 Å². The van der Waals surface area contributed by atoms with Crippen molar-refractivity contribution >= 4 is 11.9 Å². The van der Waals surface area contributed by atoms with E-state index in [1.54, 1.807) is 6.92 Å². The van der Waals surface area contributed by atoms with Crippen molar-refractivity contribution in [1.82, 2.24) is 0 Å². The van der Waals surface area contributed by atoms with E-state index in [1.165, 1.54) is 0 Å². The number of ether oxygens (including phenoxy) is 2. The minimum Gasteiger partial charge on any atom is -0.481 e. The van der Waals surface area contributed by atoms with Crippen molar-refractivity contribution in [2.75, 3.05) is 6.61 Å². The maximum atomic E-state index is 13.3. The number of fused-ring (bicyclic) bond motifs is 7. The summed E-state index contributed by atoms with van der Waals surface area (Å²) in [4.78, 5) is 26.3. The predicted molar refractivity (Wildman–Crippen MR) is 167 cm³/mol. The second-order valence-electron chi connectivity index (χ2n) is 17.1. The third kappa shape index (κ3) is 4.35. The standard InChI is InChI=1S/C36H56O10/c1-18(2)19-9-14-36(31(43)44)16-15-33(4)20(25(19)36)7-8-22-32(3)12-11-24(35(6,30(41)42)23(32)10-13-34(22,33)5)46-29-28(40)27(39)26(38)21(17-37)45-29/h19-29,37-40H,1,7-17H2,2-6H3,(H,41,42)(H,43,44). The van der Waals surface area contributed by atoms with E-state index in [9.17, 15) is 40.2 Å². The van der Waals surface area contributed by atoms with Gasteiger partial charge in [0, 0.05) is 0 Å². The molecule has 16 unspecified atom stereocenters. The highest BCUT2D eigenvalue weighted by molar-refractivity contribution is 5.77. The third-order valence-corrected chi connectivity index (χ3v) is 15.7. The molecular formula is C36H56O10. The molecule has 1 saturated heterocycles. The lowest BCUT2D eigenvalue weighted by Crippen LogP contribution is -2.69. The van der Waals surface area contributed by atoms with Crippen LogP contribution in [-0.2, 0) is 19.1 Å². The summed E-state index contributed by atoms with van der Waals surface area (Å²) >= 11 is 0. The molecule has 0 radical (unpaired) electrons. The summed E-state index contributed by atoms with van der Waals surface area (Å²) in [6.07, 6.45) is -0.444. The number of aliphatic hydroxyl groups excluding tert-OH is 4. The monoisotopic (exact) mass is 648 g/mol. The Morgan fingerprint density at radius 3 is 2.11 bits per heavy atom. The summed E-state index contributed by atoms with van der Waals surface area (Å²) < 4.78 is 11.9. The van der Waals surface area contributed by atoms with Gasteiger partial charge >= 0.3 is 11.9 Å². The predicted octanol–water partition coefficient (Wildman–Crippen LogP) is 3.98. The van der Waals surface area contributed by atoms with Gasteiger partial charge < -0.3 is 40.1 Å². The van der Waals surface area contributed by atoms with E-state index in [1.807, 2.05) is 0 Å². The van der Waals surface area contributed by atoms with Crippen LogP contribution >= 0.6 is 0 Å². The smallest absolute Gasteiger partial charge is 0.312 e. The Balaban J connectivity index is 1.31. The number of aliphatic carboxylic acids is 2. The number of aliphatic hydroxyl groups is 4. The number of allylic oxidation sites excluding steroid dienone is 1. The molecule has 0 aromatic rings. The molecule has 0 aromatic carbocycles. The van der Waals surface area contributed by atoms with Gasteiger partial charge in [-0.2, -0.15) is 0 Å². The topological polar surface area (TPSA) is 174 Å². The summed E-state index contributed by atoms with van der Waals surface area (Å²) in [7, 11) is 0. The molecule has 5 saturated carbocycles. The van der Waals surface area contributed by atoms with Crippen molar-refractivity contribution in [2.45, 2.75) is 136 Å². The number of carboxylic acid groups (broad SMARTS) is 2. The number of carbonyl (C=O) groups is 2. The molecule has 16 atom stereocenters. The van der Waals surface area contributed by atoms with Gasteiger partial charge in [-0.15, -0.1) is 0 Å². The molecule has 0 aromatic heterocycles. The molecule has 1 heterocycles. The van der Waals surface area contributed by atoms with E-state index in [-0.39, 0.29) is 45.8 Å². The summed E-state index contributed by atoms with van der Waals surface area (Å²) in [5, 5.41) is 62.5. The summed E-state index contributed by atoms with van der Waals surface area (Å²) in [6.45, 7) is 14.6. The SMILES string of the molecule is C=C(C)C1CCC2(C(=O)O)CCC3(C)C(CCC4C5(C)CCC(OC6OC(CO)C(O)C(O)C6O)C(C)(C(=O)O)C5CCC43C)C12. The summed E-state index contributed by atoms with van der Waals surface area (Å²) in [5.41, 5.74) is -1.41. The average Bonchev–Trinajstić information content (AvgIpc) is 3.40. The molecule has 260 valence electrons. The maximum Gasteiger partial charge on any atom is 0.312 e. The van der Waals surface area contributed by atoms with Crippen LogP contribution in [0.5, 0.6) is 0 Å². The first-order chi connectivity index (χ1) is 21.4. The van der Waals surface area contributed by atoms with Crippen molar-refractivity contribution in [3.63, 3.8) is 0 Å². The first kappa shape index (κ1) is 34.3. The number of rotatable bonds is 6. The molecule has 10 heteroatoms. The highest BCUT2D eigenvalue weighted by Gasteiger charge is 2.73. The van der Waals surface area contributed by atoms with Gasteiger partial charge in [0.1, 0.15) is 24.4 Å². The Hall–Kier alpha value is -1.56. The van der Waals surface area contributed by atoms with Gasteiger partial charge in [-0.25, -0.2) is 0 Å². The summed E-state index contributed by atoms with van der Waals surface area (Å²) in [6, 6.07) is 0. The lowest BCUT2D eigenvalue weighted by atomic mass is 9.32. The van der Waals surface area contributed by atoms with E-state index < -0.39 is 66.2 Å². The zero-order chi connectivity index (χ0) is 33.8. The minimum atomic E-state index is -1.60. The molecule has 6 N–H and O–H groups in total. The Bertz CT molecular complexity index is 1250. The van der Waals surface area contributed by atoms with Crippen molar-refractivity contribution in [1.29, 1.82) is 0 Å². The van der Waals surface area contributed by atoms with Gasteiger partial charge in [-0.05, 0) is 124 Å². The summed E-state index contributed by atoms with van der Waals surface area (Å²) in [5.74, 6) is -1.07. The zero-order valence-corrected chi connectivity index (χ0v) is 28.2. The highest BCUT2D eigenvalue weighted by atomic mass is 16.7. The van der Waals surface area contributed by atoms with E-state index in [2.05, 4.69) is 34.3 Å². The minimum absolute atomic E-state index is 0.0662. The Morgan fingerprint density at radius 1 is 0.804 bits per heavy atom. The van der Waals surface area contributed by atoms with Gasteiger partial charge in [0.15, 0.2) is 6.29 Å². The van der Waals surface area contributed by atoms with Gasteiger partial charge in [-0.1, -0.05) is 32.9 Å². The van der Waals surface area contributed by atoms with Crippen LogP contribution in [0.15, 0.2) is 12.2 Å². The van der Waals surface area contributed by atoms with Gasteiger partial charge in [0.2, 0.25) is 0 Å². The second kappa shape index (κ2) is 11.2. The molecule has 6 aliphatic rings. The Labute approximate surface area is 272 Å². The molecule has 5 aliphatic carbocycles. The Kier molecular flexibility index (Phi) is 8.38. The van der Waals surface area contributed by atoms with Crippen molar-refractivity contribution in [2.24, 2.45) is 56.7 Å². The molecular weight excluding hydrogens is 592 g/mol. The fraction of sp³-hybridized carbons (Fsp3) is 0.889. The fourth-order valence-electron chi connectivity index (χ4n) is 13.0.